The van der Waals surface area contributed by atoms with Crippen molar-refractivity contribution in [2.24, 2.45) is 5.73 Å². The van der Waals surface area contributed by atoms with E-state index < -0.39 is 12.0 Å². The van der Waals surface area contributed by atoms with Gasteiger partial charge in [0, 0.05) is 9.75 Å². The van der Waals surface area contributed by atoms with E-state index in [4.69, 9.17) is 10.8 Å². The van der Waals surface area contributed by atoms with E-state index in [9.17, 15) is 4.79 Å². The van der Waals surface area contributed by atoms with Crippen LogP contribution in [0.15, 0.2) is 12.1 Å². The molecule has 1 aromatic rings. The fourth-order valence-electron chi connectivity index (χ4n) is 0.742. The lowest BCUT2D eigenvalue weighted by atomic mass is 10.2. The van der Waals surface area contributed by atoms with Crippen LogP contribution >= 0.6 is 11.3 Å². The van der Waals surface area contributed by atoms with Gasteiger partial charge in [-0.1, -0.05) is 0 Å². The van der Waals surface area contributed by atoms with Crippen LogP contribution in [0.25, 0.3) is 0 Å². The maximum absolute atomic E-state index is 10.4. The molecule has 0 saturated carbocycles. The average molecular weight is 171 g/mol. The number of rotatable bonds is 2. The predicted molar refractivity (Wildman–Crippen MR) is 43.6 cm³/mol. The molecule has 0 aliphatic carbocycles. The molecular weight excluding hydrogens is 162 g/mol. The molecule has 0 aliphatic heterocycles. The Morgan fingerprint density at radius 3 is 2.73 bits per heavy atom. The first-order valence-corrected chi connectivity index (χ1v) is 3.97. The van der Waals surface area contributed by atoms with Gasteiger partial charge in [-0.05, 0) is 19.1 Å². The molecule has 0 bridgehead atoms. The summed E-state index contributed by atoms with van der Waals surface area (Å²) in [5.41, 5.74) is 5.36. The minimum atomic E-state index is -0.980. The van der Waals surface area contributed by atoms with Crippen molar-refractivity contribution in [2.75, 3.05) is 0 Å². The summed E-state index contributed by atoms with van der Waals surface area (Å²) in [6.07, 6.45) is 0. The second-order valence-electron chi connectivity index (χ2n) is 2.26. The lowest BCUT2D eigenvalue weighted by molar-refractivity contribution is -0.138. The monoisotopic (exact) mass is 171 g/mol. The van der Waals surface area contributed by atoms with Crippen molar-refractivity contribution in [1.82, 2.24) is 0 Å². The molecule has 3 N–H and O–H groups in total. The maximum Gasteiger partial charge on any atom is 0.325 e. The van der Waals surface area contributed by atoms with Crippen LogP contribution in [0.3, 0.4) is 0 Å². The molecule has 3 nitrogen and oxygen atoms in total. The number of hydrogen-bond donors (Lipinski definition) is 2. The fraction of sp³-hybridized carbons (Fsp3) is 0.286. The number of carboxylic acids is 1. The third-order valence-corrected chi connectivity index (χ3v) is 2.42. The highest BCUT2D eigenvalue weighted by Gasteiger charge is 2.15. The van der Waals surface area contributed by atoms with Gasteiger partial charge >= 0.3 is 5.97 Å². The lowest BCUT2D eigenvalue weighted by Gasteiger charge is -2.00. The van der Waals surface area contributed by atoms with Crippen molar-refractivity contribution in [2.45, 2.75) is 13.0 Å². The Morgan fingerprint density at radius 1 is 1.73 bits per heavy atom. The normalized spacial score (nSPS) is 12.9. The number of hydrogen-bond acceptors (Lipinski definition) is 3. The van der Waals surface area contributed by atoms with Crippen LogP contribution in [0.2, 0.25) is 0 Å². The summed E-state index contributed by atoms with van der Waals surface area (Å²) in [7, 11) is 0. The third kappa shape index (κ3) is 1.78. The van der Waals surface area contributed by atoms with Gasteiger partial charge in [-0.15, -0.1) is 11.3 Å². The van der Waals surface area contributed by atoms with Crippen LogP contribution < -0.4 is 5.73 Å². The van der Waals surface area contributed by atoms with Gasteiger partial charge in [0.15, 0.2) is 0 Å². The molecule has 1 rings (SSSR count). The summed E-state index contributed by atoms with van der Waals surface area (Å²) in [5, 5.41) is 8.53. The average Bonchev–Trinajstić information content (AvgIpc) is 2.34. The minimum absolute atomic E-state index is 0.704. The molecule has 1 heterocycles. The zero-order chi connectivity index (χ0) is 8.43. The van der Waals surface area contributed by atoms with E-state index in [1.54, 1.807) is 6.07 Å². The SMILES string of the molecule is Cc1ccc(C(N)C(=O)O)s1. The Morgan fingerprint density at radius 2 is 2.36 bits per heavy atom. The Balaban J connectivity index is 2.84. The summed E-state index contributed by atoms with van der Waals surface area (Å²) >= 11 is 1.42. The quantitative estimate of drug-likeness (QED) is 0.701. The summed E-state index contributed by atoms with van der Waals surface area (Å²) in [5.74, 6) is -0.980. The molecule has 11 heavy (non-hydrogen) atoms. The van der Waals surface area contributed by atoms with E-state index in [-0.39, 0.29) is 0 Å². The van der Waals surface area contributed by atoms with Crippen molar-refractivity contribution in [3.8, 4) is 0 Å². The lowest BCUT2D eigenvalue weighted by Crippen LogP contribution is -2.19. The topological polar surface area (TPSA) is 63.3 Å². The van der Waals surface area contributed by atoms with Gasteiger partial charge in [0.25, 0.3) is 0 Å². The van der Waals surface area contributed by atoms with Crippen LogP contribution in [-0.4, -0.2) is 11.1 Å². The van der Waals surface area contributed by atoms with Crippen LogP contribution in [0.4, 0.5) is 0 Å². The Hall–Kier alpha value is -0.870. The maximum atomic E-state index is 10.4. The second kappa shape index (κ2) is 3.02. The molecule has 0 aromatic carbocycles. The van der Waals surface area contributed by atoms with Gasteiger partial charge in [0.2, 0.25) is 0 Å². The van der Waals surface area contributed by atoms with Crippen LogP contribution in [0, 0.1) is 6.92 Å². The number of carboxylic acid groups (broad SMARTS) is 1. The zero-order valence-corrected chi connectivity index (χ0v) is 6.89. The highest BCUT2D eigenvalue weighted by molar-refractivity contribution is 7.12. The summed E-state index contributed by atoms with van der Waals surface area (Å²) < 4.78 is 0. The zero-order valence-electron chi connectivity index (χ0n) is 6.07. The van der Waals surface area contributed by atoms with Crippen molar-refractivity contribution < 1.29 is 9.90 Å². The van der Waals surface area contributed by atoms with Gasteiger partial charge in [-0.25, -0.2) is 0 Å². The molecule has 0 radical (unpaired) electrons. The summed E-state index contributed by atoms with van der Waals surface area (Å²) in [4.78, 5) is 12.2. The van der Waals surface area contributed by atoms with Crippen molar-refractivity contribution in [1.29, 1.82) is 0 Å². The van der Waals surface area contributed by atoms with E-state index in [2.05, 4.69) is 0 Å². The van der Waals surface area contributed by atoms with Gasteiger partial charge < -0.3 is 10.8 Å². The Labute approximate surface area is 68.5 Å². The van der Waals surface area contributed by atoms with Crippen LogP contribution in [0.1, 0.15) is 15.8 Å². The standard InChI is InChI=1S/C7H9NO2S/c1-4-2-3-5(11-4)6(8)7(9)10/h2-3,6H,8H2,1H3,(H,9,10). The molecule has 0 spiro atoms. The molecule has 60 valence electrons. The first-order valence-electron chi connectivity index (χ1n) is 3.16. The van der Waals surface area contributed by atoms with E-state index in [0.717, 1.165) is 4.88 Å². The van der Waals surface area contributed by atoms with Gasteiger partial charge in [-0.2, -0.15) is 0 Å². The third-order valence-electron chi connectivity index (χ3n) is 1.33. The highest BCUT2D eigenvalue weighted by atomic mass is 32.1. The van der Waals surface area contributed by atoms with Crippen molar-refractivity contribution in [3.63, 3.8) is 0 Å². The molecule has 1 unspecified atom stereocenters. The van der Waals surface area contributed by atoms with Crippen LogP contribution in [-0.2, 0) is 4.79 Å². The summed E-state index contributed by atoms with van der Waals surface area (Å²) in [6.45, 7) is 1.92. The number of thiophene rings is 1. The van der Waals surface area contributed by atoms with Gasteiger partial charge in [-0.3, -0.25) is 4.79 Å². The van der Waals surface area contributed by atoms with E-state index in [1.165, 1.54) is 11.3 Å². The van der Waals surface area contributed by atoms with Crippen molar-refractivity contribution in [3.05, 3.63) is 21.9 Å². The van der Waals surface area contributed by atoms with Crippen LogP contribution in [0.5, 0.6) is 0 Å². The van der Waals surface area contributed by atoms with E-state index >= 15 is 0 Å². The summed E-state index contributed by atoms with van der Waals surface area (Å²) in [6, 6.07) is 2.75. The molecule has 1 atom stereocenters. The number of aliphatic carboxylic acids is 1. The first kappa shape index (κ1) is 8.23. The Kier molecular flexibility index (Phi) is 2.26. The Bertz CT molecular complexity index is 269. The minimum Gasteiger partial charge on any atom is -0.480 e. The predicted octanol–water partition coefficient (Wildman–Crippen LogP) is 1.14. The molecule has 0 fully saturated rings. The smallest absolute Gasteiger partial charge is 0.325 e. The van der Waals surface area contributed by atoms with Crippen molar-refractivity contribution >= 4 is 17.3 Å². The molecule has 0 aliphatic rings. The fourth-order valence-corrected chi connectivity index (χ4v) is 1.61. The molecule has 4 heteroatoms. The molecule has 0 saturated heterocycles. The van der Waals surface area contributed by atoms with Gasteiger partial charge in [0.1, 0.15) is 6.04 Å². The van der Waals surface area contributed by atoms with E-state index in [0.29, 0.717) is 4.88 Å². The number of carbonyl (C=O) groups is 1. The number of aryl methyl sites for hydroxylation is 1. The molecule has 0 amide bonds. The van der Waals surface area contributed by atoms with Gasteiger partial charge in [0.05, 0.1) is 0 Å². The first-order chi connectivity index (χ1) is 5.11. The second-order valence-corrected chi connectivity index (χ2v) is 3.58. The number of nitrogens with two attached hydrogens (primary N) is 1. The largest absolute Gasteiger partial charge is 0.480 e. The molecule has 1 aromatic heterocycles. The highest BCUT2D eigenvalue weighted by Crippen LogP contribution is 2.20. The molecular formula is C7H9NO2S. The van der Waals surface area contributed by atoms with E-state index in [1.807, 2.05) is 13.0 Å².